The number of halogens is 6. The number of aromatic nitrogens is 3. The Bertz CT molecular complexity index is 1120. The molecule has 6 nitrogen and oxygen atoms in total. The molecule has 0 bridgehead atoms. The Balaban J connectivity index is 1.88. The number of carbonyl (C=O) groups is 1. The van der Waals surface area contributed by atoms with Gasteiger partial charge in [0.1, 0.15) is 5.15 Å². The lowest BCUT2D eigenvalue weighted by atomic mass is 10.1. The van der Waals surface area contributed by atoms with E-state index in [0.29, 0.717) is 0 Å². The van der Waals surface area contributed by atoms with Gasteiger partial charge in [-0.1, -0.05) is 40.9 Å². The van der Waals surface area contributed by atoms with Crippen LogP contribution in [-0.4, -0.2) is 26.6 Å². The van der Waals surface area contributed by atoms with Crippen LogP contribution in [0.4, 0.5) is 19.1 Å². The van der Waals surface area contributed by atoms with Gasteiger partial charge in [-0.25, -0.2) is 9.97 Å². The molecular weight excluding hydrogens is 442 g/mol. The Morgan fingerprint density at radius 1 is 1.14 bits per heavy atom. The fourth-order valence-corrected chi connectivity index (χ4v) is 3.57. The zero-order chi connectivity index (χ0) is 20.3. The summed E-state index contributed by atoms with van der Waals surface area (Å²) in [5.74, 6) is -1.60. The second-order valence-electron chi connectivity index (χ2n) is 5.99. The molecule has 12 heteroatoms. The highest BCUT2D eigenvalue weighted by Crippen LogP contribution is 2.45. The molecule has 0 fully saturated rings. The van der Waals surface area contributed by atoms with Crippen molar-refractivity contribution < 1.29 is 18.0 Å². The molecule has 28 heavy (non-hydrogen) atoms. The van der Waals surface area contributed by atoms with E-state index in [4.69, 9.17) is 34.8 Å². The van der Waals surface area contributed by atoms with Gasteiger partial charge in [0, 0.05) is 6.54 Å². The molecule has 1 aliphatic heterocycles. The number of amides is 1. The lowest BCUT2D eigenvalue weighted by molar-refractivity contribution is -0.217. The van der Waals surface area contributed by atoms with Crippen LogP contribution >= 0.6 is 34.8 Å². The lowest BCUT2D eigenvalue weighted by Gasteiger charge is -2.32. The first-order valence-electron chi connectivity index (χ1n) is 7.76. The van der Waals surface area contributed by atoms with Crippen LogP contribution in [0.2, 0.25) is 15.2 Å². The van der Waals surface area contributed by atoms with Crippen molar-refractivity contribution in [1.82, 2.24) is 19.9 Å². The van der Waals surface area contributed by atoms with E-state index in [1.165, 1.54) is 24.3 Å². The fourth-order valence-electron chi connectivity index (χ4n) is 3.07. The summed E-state index contributed by atoms with van der Waals surface area (Å²) in [6.45, 7) is -0.381. The molecule has 4 rings (SSSR count). The third-order valence-electron chi connectivity index (χ3n) is 4.29. The van der Waals surface area contributed by atoms with E-state index < -0.39 is 17.7 Å². The Hall–Kier alpha value is -2.07. The molecule has 1 aromatic carbocycles. The number of pyridine rings is 1. The van der Waals surface area contributed by atoms with Crippen LogP contribution in [0.1, 0.15) is 5.69 Å². The molecule has 0 saturated carbocycles. The minimum absolute atomic E-state index is 0.00775. The van der Waals surface area contributed by atoms with E-state index in [9.17, 15) is 18.0 Å². The van der Waals surface area contributed by atoms with E-state index in [0.717, 1.165) is 4.57 Å². The molecule has 146 valence electrons. The number of anilines is 1. The number of nitrogens with one attached hydrogen (secondary N) is 2. The molecule has 1 unspecified atom stereocenters. The third-order valence-corrected chi connectivity index (χ3v) is 5.23. The summed E-state index contributed by atoms with van der Waals surface area (Å²) in [5.41, 5.74) is -2.74. The molecule has 2 aromatic heterocycles. The first-order valence-corrected chi connectivity index (χ1v) is 8.89. The molecule has 0 saturated heterocycles. The molecule has 1 amide bonds. The molecule has 1 aliphatic rings. The number of fused-ring (bicyclic) bond motifs is 3. The number of imidazole rings is 1. The van der Waals surface area contributed by atoms with Gasteiger partial charge in [-0.05, 0) is 24.3 Å². The Labute approximate surface area is 170 Å². The molecule has 3 heterocycles. The van der Waals surface area contributed by atoms with Gasteiger partial charge in [0.2, 0.25) is 5.95 Å². The molecular formula is C16H9Cl3F3N5O. The van der Waals surface area contributed by atoms with Crippen LogP contribution in [0.25, 0.3) is 11.0 Å². The predicted octanol–water partition coefficient (Wildman–Crippen LogP) is 4.35. The van der Waals surface area contributed by atoms with Crippen molar-refractivity contribution in [2.24, 2.45) is 0 Å². The van der Waals surface area contributed by atoms with Crippen LogP contribution in [0.3, 0.4) is 0 Å². The quantitative estimate of drug-likeness (QED) is 0.582. The van der Waals surface area contributed by atoms with E-state index in [-0.39, 0.29) is 44.4 Å². The van der Waals surface area contributed by atoms with Gasteiger partial charge in [0.15, 0.2) is 0 Å². The van der Waals surface area contributed by atoms with Crippen LogP contribution in [-0.2, 0) is 17.0 Å². The van der Waals surface area contributed by atoms with Gasteiger partial charge in [-0.15, -0.1) is 0 Å². The summed E-state index contributed by atoms with van der Waals surface area (Å²) in [4.78, 5) is 20.5. The van der Waals surface area contributed by atoms with Crippen molar-refractivity contribution in [3.63, 3.8) is 0 Å². The Morgan fingerprint density at radius 2 is 1.86 bits per heavy atom. The largest absolute Gasteiger partial charge is 0.435 e. The maximum Gasteiger partial charge on any atom is 0.435 e. The lowest BCUT2D eigenvalue weighted by Crippen LogP contribution is -2.61. The van der Waals surface area contributed by atoms with Crippen molar-refractivity contribution in [2.45, 2.75) is 18.4 Å². The smallest absolute Gasteiger partial charge is 0.292 e. The number of rotatable bonds is 3. The highest BCUT2D eigenvalue weighted by Gasteiger charge is 2.66. The Kier molecular flexibility index (Phi) is 4.46. The number of benzene rings is 1. The topological polar surface area (TPSA) is 71.8 Å². The van der Waals surface area contributed by atoms with Crippen LogP contribution in [0.5, 0.6) is 0 Å². The summed E-state index contributed by atoms with van der Waals surface area (Å²) in [6.07, 6.45) is -5.01. The van der Waals surface area contributed by atoms with Crippen LogP contribution < -0.4 is 10.6 Å². The maximum atomic E-state index is 14.2. The monoisotopic (exact) mass is 449 g/mol. The average molecular weight is 451 g/mol. The Morgan fingerprint density at radius 3 is 2.54 bits per heavy atom. The first kappa shape index (κ1) is 19.3. The van der Waals surface area contributed by atoms with Gasteiger partial charge in [-0.2, -0.15) is 13.2 Å². The molecule has 1 atom stereocenters. The van der Waals surface area contributed by atoms with Crippen molar-refractivity contribution in [1.29, 1.82) is 0 Å². The van der Waals surface area contributed by atoms with E-state index >= 15 is 0 Å². The minimum Gasteiger partial charge on any atom is -0.292 e. The summed E-state index contributed by atoms with van der Waals surface area (Å²) < 4.78 is 43.4. The van der Waals surface area contributed by atoms with E-state index in [1.54, 1.807) is 6.07 Å². The zero-order valence-corrected chi connectivity index (χ0v) is 15.9. The number of hydrogen-bond acceptors (Lipinski definition) is 4. The van der Waals surface area contributed by atoms with Gasteiger partial charge < -0.3 is 0 Å². The van der Waals surface area contributed by atoms with Gasteiger partial charge in [-0.3, -0.25) is 20.0 Å². The summed E-state index contributed by atoms with van der Waals surface area (Å²) in [6, 6.07) is 7.08. The summed E-state index contributed by atoms with van der Waals surface area (Å²) >= 11 is 17.7. The maximum absolute atomic E-state index is 14.2. The standard InChI is InChI=1S/C16H9Cl3F3N5O/c17-8-4-10-11(5-9(8)18)27-14(25-10)26-13(28)15(27,16(20,21)22)23-6-7-2-1-3-12(19)24-7/h1-5,23H,6H2,(H,25,26,28). The van der Waals surface area contributed by atoms with Crippen LogP contribution in [0, 0.1) is 0 Å². The predicted molar refractivity (Wildman–Crippen MR) is 98.5 cm³/mol. The van der Waals surface area contributed by atoms with Crippen LogP contribution in [0.15, 0.2) is 30.3 Å². The molecule has 0 radical (unpaired) electrons. The van der Waals surface area contributed by atoms with Crippen molar-refractivity contribution in [2.75, 3.05) is 5.32 Å². The summed E-state index contributed by atoms with van der Waals surface area (Å²) in [7, 11) is 0. The third kappa shape index (κ3) is 2.81. The van der Waals surface area contributed by atoms with Crippen molar-refractivity contribution in [3.8, 4) is 0 Å². The highest BCUT2D eigenvalue weighted by atomic mass is 35.5. The normalized spacial score (nSPS) is 19.1. The fraction of sp³-hybridized carbons (Fsp3) is 0.188. The number of alkyl halides is 3. The highest BCUT2D eigenvalue weighted by molar-refractivity contribution is 6.42. The van der Waals surface area contributed by atoms with E-state index in [2.05, 4.69) is 20.6 Å². The number of hydrogen-bond donors (Lipinski definition) is 2. The second-order valence-corrected chi connectivity index (χ2v) is 7.19. The van der Waals surface area contributed by atoms with Gasteiger partial charge in [0.25, 0.3) is 11.6 Å². The van der Waals surface area contributed by atoms with Crippen molar-refractivity contribution >= 4 is 57.7 Å². The molecule has 3 aromatic rings. The molecule has 0 aliphatic carbocycles. The summed E-state index contributed by atoms with van der Waals surface area (Å²) in [5, 5.41) is 4.73. The second kappa shape index (κ2) is 6.48. The van der Waals surface area contributed by atoms with Gasteiger partial charge >= 0.3 is 6.18 Å². The number of nitrogens with zero attached hydrogens (tertiary/aromatic N) is 3. The van der Waals surface area contributed by atoms with E-state index in [1.807, 2.05) is 0 Å². The minimum atomic E-state index is -5.01. The molecule has 2 N–H and O–H groups in total. The zero-order valence-electron chi connectivity index (χ0n) is 13.6. The van der Waals surface area contributed by atoms with Crippen molar-refractivity contribution in [3.05, 3.63) is 51.2 Å². The molecule has 0 spiro atoms. The SMILES string of the molecule is O=C1Nc2nc3cc(Cl)c(Cl)cc3n2C1(NCc1cccc(Cl)n1)C(F)(F)F. The van der Waals surface area contributed by atoms with Gasteiger partial charge in [0.05, 0.1) is 26.8 Å². The average Bonchev–Trinajstić information content (AvgIpc) is 3.06. The number of carbonyl (C=O) groups excluding carboxylic acids is 1. The first-order chi connectivity index (χ1) is 13.1.